The van der Waals surface area contributed by atoms with Crippen molar-refractivity contribution in [2.75, 3.05) is 30.8 Å². The van der Waals surface area contributed by atoms with E-state index in [2.05, 4.69) is 5.32 Å². The van der Waals surface area contributed by atoms with Crippen molar-refractivity contribution < 1.29 is 27.5 Å². The molecule has 0 aromatic heterocycles. The van der Waals surface area contributed by atoms with Gasteiger partial charge in [-0.2, -0.15) is 0 Å². The number of amides is 1. The van der Waals surface area contributed by atoms with Crippen molar-refractivity contribution in [1.29, 1.82) is 0 Å². The van der Waals surface area contributed by atoms with Crippen LogP contribution in [0.1, 0.15) is 33.2 Å². The SMILES string of the molecule is COc1cccc(OCCNC(=O)c2ccc(CN(c3cccc(C(C)=O)c3)S(C)(=O)=O)cc2)c1. The number of ether oxygens (including phenoxy) is 2. The van der Waals surface area contributed by atoms with Gasteiger partial charge in [-0.05, 0) is 48.9 Å². The Bertz CT molecular complexity index is 1290. The molecule has 0 atom stereocenters. The molecule has 35 heavy (non-hydrogen) atoms. The molecule has 3 rings (SSSR count). The highest BCUT2D eigenvalue weighted by Gasteiger charge is 2.19. The highest BCUT2D eigenvalue weighted by Crippen LogP contribution is 2.22. The molecule has 0 heterocycles. The van der Waals surface area contributed by atoms with Crippen LogP contribution in [0.3, 0.4) is 0 Å². The number of hydrogen-bond donors (Lipinski definition) is 1. The molecular weight excluding hydrogens is 468 g/mol. The number of nitrogens with one attached hydrogen (secondary N) is 1. The van der Waals surface area contributed by atoms with Gasteiger partial charge in [0, 0.05) is 17.2 Å². The number of anilines is 1. The Hall–Kier alpha value is -3.85. The predicted octanol–water partition coefficient (Wildman–Crippen LogP) is 3.67. The predicted molar refractivity (Wildman–Crippen MR) is 135 cm³/mol. The molecule has 9 heteroatoms. The Morgan fingerprint density at radius 3 is 2.26 bits per heavy atom. The summed E-state index contributed by atoms with van der Waals surface area (Å²) in [6.45, 7) is 2.10. The van der Waals surface area contributed by atoms with Crippen molar-refractivity contribution in [1.82, 2.24) is 5.32 Å². The van der Waals surface area contributed by atoms with E-state index in [1.807, 2.05) is 12.1 Å². The summed E-state index contributed by atoms with van der Waals surface area (Å²) in [5.41, 5.74) is 1.97. The van der Waals surface area contributed by atoms with Gasteiger partial charge in [0.15, 0.2) is 5.78 Å². The number of Topliss-reactive ketones (excluding diaryl/α,β-unsaturated/α-hetero) is 1. The minimum absolute atomic E-state index is 0.0659. The van der Waals surface area contributed by atoms with E-state index in [-0.39, 0.29) is 18.2 Å². The number of benzene rings is 3. The lowest BCUT2D eigenvalue weighted by Gasteiger charge is -2.23. The first-order valence-corrected chi connectivity index (χ1v) is 12.7. The number of rotatable bonds is 11. The summed E-state index contributed by atoms with van der Waals surface area (Å²) >= 11 is 0. The molecule has 3 aromatic rings. The average Bonchev–Trinajstić information content (AvgIpc) is 2.85. The summed E-state index contributed by atoms with van der Waals surface area (Å²) in [5.74, 6) is 0.921. The van der Waals surface area contributed by atoms with Crippen molar-refractivity contribution in [3.63, 3.8) is 0 Å². The number of methoxy groups -OCH3 is 1. The van der Waals surface area contributed by atoms with Crippen LogP contribution in [0.5, 0.6) is 11.5 Å². The number of sulfonamides is 1. The first-order chi connectivity index (χ1) is 16.7. The monoisotopic (exact) mass is 496 g/mol. The maximum absolute atomic E-state index is 12.4. The normalized spacial score (nSPS) is 10.9. The number of nitrogens with zero attached hydrogens (tertiary/aromatic N) is 1. The Labute approximate surface area is 205 Å². The Morgan fingerprint density at radius 2 is 1.60 bits per heavy atom. The van der Waals surface area contributed by atoms with Crippen molar-refractivity contribution in [2.45, 2.75) is 13.5 Å². The Kier molecular flexibility index (Phi) is 8.48. The molecule has 3 aromatic carbocycles. The van der Waals surface area contributed by atoms with E-state index < -0.39 is 10.0 Å². The van der Waals surface area contributed by atoms with Crippen LogP contribution in [-0.4, -0.2) is 46.6 Å². The fourth-order valence-corrected chi connectivity index (χ4v) is 4.21. The molecule has 0 radical (unpaired) electrons. The van der Waals surface area contributed by atoms with Crippen molar-refractivity contribution in [2.24, 2.45) is 0 Å². The maximum atomic E-state index is 12.4. The smallest absolute Gasteiger partial charge is 0.251 e. The quantitative estimate of drug-likeness (QED) is 0.321. The van der Waals surface area contributed by atoms with Gasteiger partial charge in [0.1, 0.15) is 18.1 Å². The van der Waals surface area contributed by atoms with Crippen LogP contribution in [0.15, 0.2) is 72.8 Å². The van der Waals surface area contributed by atoms with Crippen LogP contribution in [-0.2, 0) is 16.6 Å². The Balaban J connectivity index is 1.60. The second-order valence-corrected chi connectivity index (χ2v) is 9.76. The molecule has 0 aliphatic carbocycles. The molecule has 0 unspecified atom stereocenters. The molecule has 0 fully saturated rings. The maximum Gasteiger partial charge on any atom is 0.251 e. The van der Waals surface area contributed by atoms with E-state index in [4.69, 9.17) is 9.47 Å². The van der Waals surface area contributed by atoms with Crippen molar-refractivity contribution >= 4 is 27.4 Å². The van der Waals surface area contributed by atoms with E-state index in [1.165, 1.54) is 11.2 Å². The number of hydrogen-bond acceptors (Lipinski definition) is 6. The molecule has 0 bridgehead atoms. The van der Waals surface area contributed by atoms with E-state index in [0.717, 1.165) is 6.26 Å². The Morgan fingerprint density at radius 1 is 0.914 bits per heavy atom. The second kappa shape index (κ2) is 11.5. The highest BCUT2D eigenvalue weighted by molar-refractivity contribution is 7.92. The van der Waals surface area contributed by atoms with E-state index >= 15 is 0 Å². The van der Waals surface area contributed by atoms with Gasteiger partial charge in [-0.3, -0.25) is 13.9 Å². The molecule has 0 saturated carbocycles. The van der Waals surface area contributed by atoms with Crippen LogP contribution in [0.4, 0.5) is 5.69 Å². The van der Waals surface area contributed by atoms with Gasteiger partial charge in [0.2, 0.25) is 10.0 Å². The van der Waals surface area contributed by atoms with Crippen LogP contribution < -0.4 is 19.1 Å². The van der Waals surface area contributed by atoms with Gasteiger partial charge in [-0.25, -0.2) is 8.42 Å². The zero-order chi connectivity index (χ0) is 25.4. The van der Waals surface area contributed by atoms with Crippen molar-refractivity contribution in [3.8, 4) is 11.5 Å². The minimum atomic E-state index is -3.61. The van der Waals surface area contributed by atoms with Gasteiger partial charge in [0.25, 0.3) is 5.91 Å². The van der Waals surface area contributed by atoms with Crippen LogP contribution in [0, 0.1) is 0 Å². The first kappa shape index (κ1) is 25.8. The zero-order valence-corrected chi connectivity index (χ0v) is 20.7. The van der Waals surface area contributed by atoms with Gasteiger partial charge in [0.05, 0.1) is 32.1 Å². The third-order valence-electron chi connectivity index (χ3n) is 5.18. The third-order valence-corrected chi connectivity index (χ3v) is 6.32. The molecule has 8 nitrogen and oxygen atoms in total. The largest absolute Gasteiger partial charge is 0.497 e. The van der Waals surface area contributed by atoms with Crippen LogP contribution in [0.25, 0.3) is 0 Å². The summed E-state index contributed by atoms with van der Waals surface area (Å²) in [6.07, 6.45) is 1.11. The van der Waals surface area contributed by atoms with E-state index in [1.54, 1.807) is 67.8 Å². The van der Waals surface area contributed by atoms with Gasteiger partial charge in [-0.15, -0.1) is 0 Å². The summed E-state index contributed by atoms with van der Waals surface area (Å²) in [6, 6.07) is 20.4. The number of carbonyl (C=O) groups is 2. The van der Waals surface area contributed by atoms with E-state index in [9.17, 15) is 18.0 Å². The summed E-state index contributed by atoms with van der Waals surface area (Å²) in [4.78, 5) is 24.2. The lowest BCUT2D eigenvalue weighted by molar-refractivity contribution is 0.0946. The fraction of sp³-hybridized carbons (Fsp3) is 0.231. The lowest BCUT2D eigenvalue weighted by atomic mass is 10.1. The fourth-order valence-electron chi connectivity index (χ4n) is 3.33. The molecule has 184 valence electrons. The summed E-state index contributed by atoms with van der Waals surface area (Å²) < 4.78 is 36.9. The van der Waals surface area contributed by atoms with Gasteiger partial charge < -0.3 is 14.8 Å². The topological polar surface area (TPSA) is 102 Å². The van der Waals surface area contributed by atoms with Crippen molar-refractivity contribution in [3.05, 3.63) is 89.5 Å². The standard InChI is InChI=1S/C26H28N2O6S/c1-19(29)22-6-4-7-23(16-22)28(35(3,31)32)18-20-10-12-21(13-11-20)26(30)27-14-15-34-25-9-5-8-24(17-25)33-2/h4-13,16-17H,14-15,18H2,1-3H3,(H,27,30). The van der Waals surface area contributed by atoms with E-state index in [0.29, 0.717) is 47.0 Å². The van der Waals surface area contributed by atoms with Crippen LogP contribution >= 0.6 is 0 Å². The van der Waals surface area contributed by atoms with Gasteiger partial charge >= 0.3 is 0 Å². The third kappa shape index (κ3) is 7.31. The molecule has 1 amide bonds. The number of ketones is 1. The zero-order valence-electron chi connectivity index (χ0n) is 19.9. The molecule has 1 N–H and O–H groups in total. The summed E-state index contributed by atoms with van der Waals surface area (Å²) in [7, 11) is -2.03. The molecule has 0 aliphatic heterocycles. The molecule has 0 aliphatic rings. The van der Waals surface area contributed by atoms with Gasteiger partial charge in [-0.1, -0.05) is 30.3 Å². The first-order valence-electron chi connectivity index (χ1n) is 10.9. The lowest BCUT2D eigenvalue weighted by Crippen LogP contribution is -2.30. The second-order valence-electron chi connectivity index (χ2n) is 7.86. The minimum Gasteiger partial charge on any atom is -0.497 e. The highest BCUT2D eigenvalue weighted by atomic mass is 32.2. The molecular formula is C26H28N2O6S. The molecule has 0 saturated heterocycles. The van der Waals surface area contributed by atoms with Crippen LogP contribution in [0.2, 0.25) is 0 Å². The summed E-state index contributed by atoms with van der Waals surface area (Å²) in [5, 5.41) is 2.79. The number of carbonyl (C=O) groups excluding carboxylic acids is 2. The molecule has 0 spiro atoms. The average molecular weight is 497 g/mol.